The van der Waals surface area contributed by atoms with Crippen LogP contribution in [0.2, 0.25) is 5.02 Å². The average molecular weight is 361 g/mol. The molecule has 0 spiro atoms. The van der Waals surface area contributed by atoms with Gasteiger partial charge in [0.25, 0.3) is 0 Å². The lowest BCUT2D eigenvalue weighted by Gasteiger charge is -2.19. The summed E-state index contributed by atoms with van der Waals surface area (Å²) in [6.07, 6.45) is 0.894. The van der Waals surface area contributed by atoms with Crippen molar-refractivity contribution in [3.63, 3.8) is 0 Å². The lowest BCUT2D eigenvalue weighted by Crippen LogP contribution is -2.39. The Labute approximate surface area is 152 Å². The number of para-hydroxylation sites is 1. The standard InChI is InChI=1S/C19H21ClN2O3/c1-13-6-5-9-16(20)18(13)22-19(25)21-15(10-11-17(23)24)12-14-7-3-2-4-8-14/h2-9,15H,10-12H2,1H3,(H,23,24)(H2,21,22,25). The second-order valence-corrected chi connectivity index (χ2v) is 6.26. The van der Waals surface area contributed by atoms with Crippen molar-refractivity contribution in [2.75, 3.05) is 5.32 Å². The molecule has 0 radical (unpaired) electrons. The molecule has 0 aliphatic rings. The average Bonchev–Trinajstić information content (AvgIpc) is 2.57. The van der Waals surface area contributed by atoms with Crippen LogP contribution in [0, 0.1) is 6.92 Å². The van der Waals surface area contributed by atoms with Gasteiger partial charge in [-0.15, -0.1) is 0 Å². The first-order valence-corrected chi connectivity index (χ1v) is 8.42. The Bertz CT molecular complexity index is 714. The summed E-state index contributed by atoms with van der Waals surface area (Å²) in [7, 11) is 0. The molecule has 0 saturated heterocycles. The molecule has 2 amide bonds. The van der Waals surface area contributed by atoms with Crippen LogP contribution in [0.3, 0.4) is 0 Å². The van der Waals surface area contributed by atoms with Crippen LogP contribution < -0.4 is 10.6 Å². The number of aliphatic carboxylic acids is 1. The Morgan fingerprint density at radius 1 is 1.12 bits per heavy atom. The Hall–Kier alpha value is -2.53. The SMILES string of the molecule is Cc1cccc(Cl)c1NC(=O)NC(CCC(=O)O)Cc1ccccc1. The highest BCUT2D eigenvalue weighted by atomic mass is 35.5. The maximum atomic E-state index is 12.3. The van der Waals surface area contributed by atoms with Gasteiger partial charge in [0.15, 0.2) is 0 Å². The molecule has 0 bridgehead atoms. The predicted molar refractivity (Wildman–Crippen MR) is 99.1 cm³/mol. The van der Waals surface area contributed by atoms with Crippen LogP contribution in [0.5, 0.6) is 0 Å². The van der Waals surface area contributed by atoms with Crippen LogP contribution >= 0.6 is 11.6 Å². The predicted octanol–water partition coefficient (Wildman–Crippen LogP) is 4.25. The highest BCUT2D eigenvalue weighted by molar-refractivity contribution is 6.33. The molecule has 6 heteroatoms. The molecule has 0 aliphatic heterocycles. The smallest absolute Gasteiger partial charge is 0.319 e. The van der Waals surface area contributed by atoms with E-state index in [1.807, 2.05) is 49.4 Å². The molecule has 132 valence electrons. The minimum atomic E-state index is -0.887. The highest BCUT2D eigenvalue weighted by Gasteiger charge is 2.16. The summed E-state index contributed by atoms with van der Waals surface area (Å²) >= 11 is 6.12. The topological polar surface area (TPSA) is 78.4 Å². The number of hydrogen-bond donors (Lipinski definition) is 3. The van der Waals surface area contributed by atoms with Gasteiger partial charge in [-0.3, -0.25) is 4.79 Å². The first kappa shape index (κ1) is 18.8. The minimum absolute atomic E-state index is 0.0110. The molecular formula is C19H21ClN2O3. The number of carboxylic acid groups (broad SMARTS) is 1. The van der Waals surface area contributed by atoms with Crippen molar-refractivity contribution < 1.29 is 14.7 Å². The number of carbonyl (C=O) groups is 2. The number of amides is 2. The van der Waals surface area contributed by atoms with Gasteiger partial charge in [0.2, 0.25) is 0 Å². The van der Waals surface area contributed by atoms with Crippen LogP contribution in [0.25, 0.3) is 0 Å². The lowest BCUT2D eigenvalue weighted by atomic mass is 10.0. The van der Waals surface area contributed by atoms with E-state index in [-0.39, 0.29) is 12.5 Å². The van der Waals surface area contributed by atoms with Gasteiger partial charge in [0, 0.05) is 12.5 Å². The second-order valence-electron chi connectivity index (χ2n) is 5.85. The fourth-order valence-electron chi connectivity index (χ4n) is 2.55. The highest BCUT2D eigenvalue weighted by Crippen LogP contribution is 2.25. The van der Waals surface area contributed by atoms with Crippen molar-refractivity contribution in [1.29, 1.82) is 0 Å². The van der Waals surface area contributed by atoms with Crippen LogP contribution in [-0.4, -0.2) is 23.1 Å². The number of aryl methyl sites for hydroxylation is 1. The van der Waals surface area contributed by atoms with E-state index in [9.17, 15) is 9.59 Å². The molecule has 2 aromatic rings. The fourth-order valence-corrected chi connectivity index (χ4v) is 2.82. The largest absolute Gasteiger partial charge is 0.481 e. The van der Waals surface area contributed by atoms with E-state index in [0.29, 0.717) is 23.6 Å². The fraction of sp³-hybridized carbons (Fsp3) is 0.263. The van der Waals surface area contributed by atoms with Crippen LogP contribution in [0.1, 0.15) is 24.0 Å². The van der Waals surface area contributed by atoms with Crippen molar-refractivity contribution in [3.05, 3.63) is 64.7 Å². The number of urea groups is 1. The number of carbonyl (C=O) groups excluding carboxylic acids is 1. The summed E-state index contributed by atoms with van der Waals surface area (Å²) in [4.78, 5) is 23.2. The number of benzene rings is 2. The third-order valence-corrected chi connectivity index (χ3v) is 4.14. The molecule has 0 aliphatic carbocycles. The van der Waals surface area contributed by atoms with Crippen LogP contribution in [0.15, 0.2) is 48.5 Å². The number of halogens is 1. The number of nitrogens with one attached hydrogen (secondary N) is 2. The molecule has 0 aromatic heterocycles. The summed E-state index contributed by atoms with van der Waals surface area (Å²) < 4.78 is 0. The zero-order valence-electron chi connectivity index (χ0n) is 14.0. The number of anilines is 1. The van der Waals surface area contributed by atoms with E-state index in [0.717, 1.165) is 11.1 Å². The second kappa shape index (κ2) is 9.08. The molecule has 25 heavy (non-hydrogen) atoms. The lowest BCUT2D eigenvalue weighted by molar-refractivity contribution is -0.137. The van der Waals surface area contributed by atoms with Crippen molar-refractivity contribution in [2.24, 2.45) is 0 Å². The molecule has 0 heterocycles. The Morgan fingerprint density at radius 2 is 1.84 bits per heavy atom. The molecule has 2 aromatic carbocycles. The van der Waals surface area contributed by atoms with Crippen molar-refractivity contribution in [3.8, 4) is 0 Å². The van der Waals surface area contributed by atoms with Gasteiger partial charge in [-0.05, 0) is 37.0 Å². The monoisotopic (exact) mass is 360 g/mol. The zero-order valence-corrected chi connectivity index (χ0v) is 14.7. The first-order valence-electron chi connectivity index (χ1n) is 8.04. The van der Waals surface area contributed by atoms with Gasteiger partial charge >= 0.3 is 12.0 Å². The Balaban J connectivity index is 2.04. The molecule has 2 rings (SSSR count). The summed E-state index contributed by atoms with van der Waals surface area (Å²) in [5.74, 6) is -0.887. The van der Waals surface area contributed by atoms with Gasteiger partial charge in [0.05, 0.1) is 10.7 Å². The molecule has 1 atom stereocenters. The molecule has 1 unspecified atom stereocenters. The molecule has 3 N–H and O–H groups in total. The maximum Gasteiger partial charge on any atom is 0.319 e. The third kappa shape index (κ3) is 6.12. The Morgan fingerprint density at radius 3 is 2.48 bits per heavy atom. The van der Waals surface area contributed by atoms with Gasteiger partial charge in [-0.25, -0.2) is 4.79 Å². The summed E-state index contributed by atoms with van der Waals surface area (Å²) in [5, 5.41) is 15.0. The summed E-state index contributed by atoms with van der Waals surface area (Å²) in [5.41, 5.74) is 2.44. The first-order chi connectivity index (χ1) is 12.0. The van der Waals surface area contributed by atoms with Crippen molar-refractivity contribution in [1.82, 2.24) is 5.32 Å². The number of rotatable bonds is 7. The van der Waals surface area contributed by atoms with E-state index >= 15 is 0 Å². The number of hydrogen-bond acceptors (Lipinski definition) is 2. The molecule has 5 nitrogen and oxygen atoms in total. The van der Waals surface area contributed by atoms with Crippen molar-refractivity contribution in [2.45, 2.75) is 32.2 Å². The summed E-state index contributed by atoms with van der Waals surface area (Å²) in [6, 6.07) is 14.3. The quantitative estimate of drug-likeness (QED) is 0.690. The van der Waals surface area contributed by atoms with Gasteiger partial charge in [-0.1, -0.05) is 54.1 Å². The van der Waals surface area contributed by atoms with E-state index in [4.69, 9.17) is 16.7 Å². The third-order valence-electron chi connectivity index (χ3n) is 3.83. The van der Waals surface area contributed by atoms with E-state index in [2.05, 4.69) is 10.6 Å². The van der Waals surface area contributed by atoms with Gasteiger partial charge in [0.1, 0.15) is 0 Å². The Kier molecular flexibility index (Phi) is 6.83. The summed E-state index contributed by atoms with van der Waals surface area (Å²) in [6.45, 7) is 1.85. The van der Waals surface area contributed by atoms with Gasteiger partial charge in [-0.2, -0.15) is 0 Å². The normalized spacial score (nSPS) is 11.6. The van der Waals surface area contributed by atoms with Crippen LogP contribution in [-0.2, 0) is 11.2 Å². The molecule has 0 fully saturated rings. The zero-order chi connectivity index (χ0) is 18.2. The van der Waals surface area contributed by atoms with E-state index in [1.54, 1.807) is 6.07 Å². The van der Waals surface area contributed by atoms with E-state index in [1.165, 1.54) is 0 Å². The maximum absolute atomic E-state index is 12.3. The number of carboxylic acids is 1. The molecule has 0 saturated carbocycles. The van der Waals surface area contributed by atoms with Crippen molar-refractivity contribution >= 4 is 29.3 Å². The van der Waals surface area contributed by atoms with Crippen LogP contribution in [0.4, 0.5) is 10.5 Å². The molecular weight excluding hydrogens is 340 g/mol. The van der Waals surface area contributed by atoms with E-state index < -0.39 is 12.0 Å². The minimum Gasteiger partial charge on any atom is -0.481 e. The van der Waals surface area contributed by atoms with Gasteiger partial charge < -0.3 is 15.7 Å².